The highest BCUT2D eigenvalue weighted by Crippen LogP contribution is 2.24. The number of amides is 1. The van der Waals surface area contributed by atoms with Crippen molar-refractivity contribution in [3.63, 3.8) is 0 Å². The van der Waals surface area contributed by atoms with Gasteiger partial charge in [-0.05, 0) is 31.0 Å². The molecule has 1 aromatic heterocycles. The Morgan fingerprint density at radius 1 is 1.07 bits per heavy atom. The summed E-state index contributed by atoms with van der Waals surface area (Å²) in [5.41, 5.74) is 3.34. The van der Waals surface area contributed by atoms with E-state index >= 15 is 0 Å². The molecule has 1 aliphatic rings. The van der Waals surface area contributed by atoms with Crippen LogP contribution in [0.25, 0.3) is 11.3 Å². The Morgan fingerprint density at radius 2 is 1.86 bits per heavy atom. The fraction of sp³-hybridized carbons (Fsp3) is 0.136. The van der Waals surface area contributed by atoms with Crippen molar-refractivity contribution in [2.45, 2.75) is 18.6 Å². The van der Waals surface area contributed by atoms with Crippen molar-refractivity contribution in [2.75, 3.05) is 0 Å². The first kappa shape index (κ1) is 18.3. The van der Waals surface area contributed by atoms with Crippen LogP contribution in [0, 0.1) is 6.92 Å². The molecule has 1 unspecified atom stereocenters. The average molecular weight is 389 g/mol. The summed E-state index contributed by atoms with van der Waals surface area (Å²) >= 11 is 1.40. The number of hydrogen-bond donors (Lipinski definition) is 1. The van der Waals surface area contributed by atoms with Gasteiger partial charge in [0.2, 0.25) is 5.91 Å². The fourth-order valence-electron chi connectivity index (χ4n) is 2.84. The molecule has 1 fully saturated rings. The second-order valence-corrected chi connectivity index (χ2v) is 7.69. The van der Waals surface area contributed by atoms with E-state index in [9.17, 15) is 4.79 Å². The lowest BCUT2D eigenvalue weighted by Crippen LogP contribution is -2.25. The van der Waals surface area contributed by atoms with Crippen molar-refractivity contribution in [3.05, 3.63) is 83.6 Å². The van der Waals surface area contributed by atoms with Gasteiger partial charge in [-0.3, -0.25) is 4.79 Å². The van der Waals surface area contributed by atoms with Crippen LogP contribution in [-0.4, -0.2) is 22.5 Å². The molecule has 1 aliphatic heterocycles. The zero-order valence-electron chi connectivity index (χ0n) is 15.3. The summed E-state index contributed by atoms with van der Waals surface area (Å²) < 4.78 is 5.75. The number of thioether (sulfide) groups is 1. The number of hydrogen-bond acceptors (Lipinski definition) is 5. The lowest BCUT2D eigenvalue weighted by atomic mass is 10.1. The van der Waals surface area contributed by atoms with E-state index in [0.717, 1.165) is 16.9 Å². The number of aryl methyl sites for hydroxylation is 1. The van der Waals surface area contributed by atoms with Gasteiger partial charge >= 0.3 is 0 Å². The lowest BCUT2D eigenvalue weighted by Gasteiger charge is -2.05. The molecule has 1 saturated heterocycles. The molecule has 28 heavy (non-hydrogen) atoms. The molecule has 1 atom stereocenters. The molecular weight excluding hydrogens is 370 g/mol. The number of nitrogens with one attached hydrogen (secondary N) is 1. The van der Waals surface area contributed by atoms with Crippen molar-refractivity contribution in [1.29, 1.82) is 0 Å². The topological polar surface area (TPSA) is 67.0 Å². The van der Waals surface area contributed by atoms with Crippen LogP contribution in [0.5, 0.6) is 0 Å². The molecule has 2 aromatic carbocycles. The first-order valence-electron chi connectivity index (χ1n) is 8.97. The zero-order chi connectivity index (χ0) is 19.3. The number of furan rings is 1. The SMILES string of the molecule is Cc1ccc(CC2S/C(=N/N=C/c3ccc(-c4ccccc4)o3)NC2=O)cc1. The molecule has 3 aromatic rings. The van der Waals surface area contributed by atoms with Gasteiger partial charge in [0.15, 0.2) is 5.17 Å². The third-order valence-electron chi connectivity index (χ3n) is 4.34. The van der Waals surface area contributed by atoms with Crippen molar-refractivity contribution >= 4 is 29.1 Å². The van der Waals surface area contributed by atoms with E-state index < -0.39 is 0 Å². The van der Waals surface area contributed by atoms with E-state index in [1.807, 2.05) is 49.4 Å². The molecule has 140 valence electrons. The number of benzene rings is 2. The molecule has 6 heteroatoms. The molecular formula is C22H19N3O2S. The molecule has 1 amide bonds. The van der Waals surface area contributed by atoms with Crippen molar-refractivity contribution in [3.8, 4) is 11.3 Å². The summed E-state index contributed by atoms with van der Waals surface area (Å²) in [5.74, 6) is 1.34. The van der Waals surface area contributed by atoms with Crippen LogP contribution in [0.2, 0.25) is 0 Å². The predicted octanol–water partition coefficient (Wildman–Crippen LogP) is 4.42. The summed E-state index contributed by atoms with van der Waals surface area (Å²) in [6, 6.07) is 21.8. The van der Waals surface area contributed by atoms with Gasteiger partial charge in [0.25, 0.3) is 0 Å². The van der Waals surface area contributed by atoms with Gasteiger partial charge in [-0.25, -0.2) is 0 Å². The minimum atomic E-state index is -0.190. The highest BCUT2D eigenvalue weighted by Gasteiger charge is 2.30. The minimum absolute atomic E-state index is 0.0381. The van der Waals surface area contributed by atoms with Crippen molar-refractivity contribution in [2.24, 2.45) is 10.2 Å². The number of amidine groups is 1. The predicted molar refractivity (Wildman–Crippen MR) is 114 cm³/mol. The maximum Gasteiger partial charge on any atom is 0.239 e. The van der Waals surface area contributed by atoms with E-state index in [-0.39, 0.29) is 11.2 Å². The zero-order valence-corrected chi connectivity index (χ0v) is 16.1. The van der Waals surface area contributed by atoms with Gasteiger partial charge in [-0.2, -0.15) is 5.10 Å². The molecule has 0 radical (unpaired) electrons. The Bertz CT molecular complexity index is 1020. The number of nitrogens with zero attached hydrogens (tertiary/aromatic N) is 2. The maximum atomic E-state index is 12.2. The second-order valence-electron chi connectivity index (χ2n) is 6.50. The Balaban J connectivity index is 1.38. The van der Waals surface area contributed by atoms with Crippen molar-refractivity contribution in [1.82, 2.24) is 5.32 Å². The number of carbonyl (C=O) groups excluding carboxylic acids is 1. The third-order valence-corrected chi connectivity index (χ3v) is 5.41. The molecule has 0 saturated carbocycles. The van der Waals surface area contributed by atoms with Crippen LogP contribution in [0.1, 0.15) is 16.9 Å². The fourth-order valence-corrected chi connectivity index (χ4v) is 3.81. The molecule has 4 rings (SSSR count). The van der Waals surface area contributed by atoms with Gasteiger partial charge in [0, 0.05) is 5.56 Å². The van der Waals surface area contributed by atoms with Gasteiger partial charge in [0.1, 0.15) is 11.5 Å². The van der Waals surface area contributed by atoms with Crippen LogP contribution in [0.15, 0.2) is 81.4 Å². The normalized spacial score (nSPS) is 18.1. The monoisotopic (exact) mass is 389 g/mol. The summed E-state index contributed by atoms with van der Waals surface area (Å²) in [6.45, 7) is 2.05. The molecule has 1 N–H and O–H groups in total. The van der Waals surface area contributed by atoms with E-state index in [2.05, 4.69) is 39.8 Å². The largest absolute Gasteiger partial charge is 0.455 e. The standard InChI is InChI=1S/C22H19N3O2S/c1-15-7-9-16(10-8-15)13-20-21(26)24-22(28-20)25-23-14-18-11-12-19(27-18)17-5-3-2-4-6-17/h2-12,14,20H,13H2,1H3,(H,24,25,26)/b23-14+. The van der Waals surface area contributed by atoms with Crippen LogP contribution in [0.4, 0.5) is 0 Å². The van der Waals surface area contributed by atoms with Crippen LogP contribution in [0.3, 0.4) is 0 Å². The van der Waals surface area contributed by atoms with E-state index in [1.165, 1.54) is 17.3 Å². The highest BCUT2D eigenvalue weighted by molar-refractivity contribution is 8.15. The molecule has 0 aliphatic carbocycles. The van der Waals surface area contributed by atoms with Crippen LogP contribution >= 0.6 is 11.8 Å². The Labute approximate surface area is 167 Å². The first-order valence-corrected chi connectivity index (χ1v) is 9.85. The quantitative estimate of drug-likeness (QED) is 0.519. The molecule has 2 heterocycles. The average Bonchev–Trinajstić information content (AvgIpc) is 3.31. The second kappa shape index (κ2) is 8.27. The van der Waals surface area contributed by atoms with Gasteiger partial charge in [-0.1, -0.05) is 71.9 Å². The molecule has 0 spiro atoms. The number of carbonyl (C=O) groups is 1. The van der Waals surface area contributed by atoms with Crippen LogP contribution < -0.4 is 5.32 Å². The van der Waals surface area contributed by atoms with Gasteiger partial charge in [0.05, 0.1) is 11.5 Å². The van der Waals surface area contributed by atoms with Crippen molar-refractivity contribution < 1.29 is 9.21 Å². The highest BCUT2D eigenvalue weighted by atomic mass is 32.2. The summed E-state index contributed by atoms with van der Waals surface area (Å²) in [4.78, 5) is 12.2. The maximum absolute atomic E-state index is 12.2. The van der Waals surface area contributed by atoms with Crippen LogP contribution in [-0.2, 0) is 11.2 Å². The Hall–Kier alpha value is -3.12. The van der Waals surface area contributed by atoms with Gasteiger partial charge in [-0.15, -0.1) is 5.10 Å². The van der Waals surface area contributed by atoms with E-state index in [4.69, 9.17) is 4.42 Å². The summed E-state index contributed by atoms with van der Waals surface area (Å²) in [5, 5.41) is 11.3. The van der Waals surface area contributed by atoms with E-state index in [0.29, 0.717) is 17.3 Å². The summed E-state index contributed by atoms with van der Waals surface area (Å²) in [6.07, 6.45) is 2.21. The Morgan fingerprint density at radius 3 is 2.64 bits per heavy atom. The molecule has 0 bridgehead atoms. The minimum Gasteiger partial charge on any atom is -0.455 e. The molecule has 5 nitrogen and oxygen atoms in total. The summed E-state index contributed by atoms with van der Waals surface area (Å²) in [7, 11) is 0. The Kier molecular flexibility index (Phi) is 5.39. The van der Waals surface area contributed by atoms with Gasteiger partial charge < -0.3 is 9.73 Å². The third kappa shape index (κ3) is 4.40. The first-order chi connectivity index (χ1) is 13.7. The van der Waals surface area contributed by atoms with E-state index in [1.54, 1.807) is 6.21 Å². The smallest absolute Gasteiger partial charge is 0.239 e. The number of rotatable bonds is 5. The lowest BCUT2D eigenvalue weighted by molar-refractivity contribution is -0.118.